The summed E-state index contributed by atoms with van der Waals surface area (Å²) in [5.41, 5.74) is 0.393. The van der Waals surface area contributed by atoms with Crippen LogP contribution in [0.2, 0.25) is 5.02 Å². The first-order valence-electron chi connectivity index (χ1n) is 6.85. The van der Waals surface area contributed by atoms with Gasteiger partial charge in [-0.1, -0.05) is 37.1 Å². The first-order valence-corrected chi connectivity index (χ1v) is 7.23. The molecule has 0 aliphatic carbocycles. The number of benzene rings is 1. The zero-order valence-corrected chi connectivity index (χ0v) is 13.0. The van der Waals surface area contributed by atoms with Crippen molar-refractivity contribution in [2.75, 3.05) is 6.61 Å². The molecule has 0 saturated carbocycles. The van der Waals surface area contributed by atoms with Crippen LogP contribution in [0.4, 0.5) is 4.79 Å². The summed E-state index contributed by atoms with van der Waals surface area (Å²) in [6.07, 6.45) is 1.62. The van der Waals surface area contributed by atoms with Crippen LogP contribution >= 0.6 is 11.6 Å². The first kappa shape index (κ1) is 16.8. The van der Waals surface area contributed by atoms with Gasteiger partial charge in [-0.25, -0.2) is 4.79 Å². The molecule has 0 aromatic heterocycles. The maximum atomic E-state index is 12.0. The second-order valence-electron chi connectivity index (χ2n) is 5.34. The van der Waals surface area contributed by atoms with Crippen molar-refractivity contribution in [3.8, 4) is 0 Å². The van der Waals surface area contributed by atoms with Crippen LogP contribution in [-0.4, -0.2) is 23.3 Å². The van der Waals surface area contributed by atoms with Gasteiger partial charge in [0.2, 0.25) is 0 Å². The fourth-order valence-corrected chi connectivity index (χ4v) is 2.20. The smallest absolute Gasteiger partial charge is 0.315 e. The van der Waals surface area contributed by atoms with E-state index >= 15 is 0 Å². The maximum absolute atomic E-state index is 12.0. The molecule has 1 aromatic carbocycles. The lowest BCUT2D eigenvalue weighted by Crippen LogP contribution is -2.52. The Morgan fingerprint density at radius 3 is 2.50 bits per heavy atom. The van der Waals surface area contributed by atoms with Gasteiger partial charge < -0.3 is 15.7 Å². The van der Waals surface area contributed by atoms with Crippen molar-refractivity contribution in [2.24, 2.45) is 0 Å². The van der Waals surface area contributed by atoms with Gasteiger partial charge in [-0.15, -0.1) is 0 Å². The molecule has 0 spiro atoms. The Labute approximate surface area is 125 Å². The van der Waals surface area contributed by atoms with Gasteiger partial charge in [-0.05, 0) is 38.0 Å². The lowest BCUT2D eigenvalue weighted by Gasteiger charge is -2.29. The van der Waals surface area contributed by atoms with Gasteiger partial charge >= 0.3 is 6.03 Å². The molecule has 1 rings (SSSR count). The molecule has 1 aromatic rings. The van der Waals surface area contributed by atoms with E-state index in [0.29, 0.717) is 5.02 Å². The summed E-state index contributed by atoms with van der Waals surface area (Å²) in [7, 11) is 0. The molecule has 0 radical (unpaired) electrons. The van der Waals surface area contributed by atoms with Crippen LogP contribution in [0.1, 0.15) is 45.2 Å². The van der Waals surface area contributed by atoms with Crippen LogP contribution in [0.5, 0.6) is 0 Å². The van der Waals surface area contributed by atoms with Gasteiger partial charge in [-0.3, -0.25) is 0 Å². The lowest BCUT2D eigenvalue weighted by atomic mass is 9.97. The van der Waals surface area contributed by atoms with E-state index in [4.69, 9.17) is 11.6 Å². The predicted octanol–water partition coefficient (Wildman–Crippen LogP) is 3.25. The molecule has 0 fully saturated rings. The lowest BCUT2D eigenvalue weighted by molar-refractivity contribution is 0.162. The molecule has 2 atom stereocenters. The average Bonchev–Trinajstić information content (AvgIpc) is 2.39. The Bertz CT molecular complexity index is 436. The van der Waals surface area contributed by atoms with Crippen LogP contribution in [0.25, 0.3) is 0 Å². The molecule has 2 unspecified atom stereocenters. The number of aliphatic hydroxyl groups excluding tert-OH is 1. The standard InChI is InChI=1S/C15H23ClN2O2/c1-4-9-15(3,10-19)18-14(20)17-11(2)12-5-7-13(16)8-6-12/h5-8,11,19H,4,9-10H2,1-3H3,(H2,17,18,20). The molecule has 0 heterocycles. The van der Waals surface area contributed by atoms with Crippen molar-refractivity contribution in [2.45, 2.75) is 45.2 Å². The van der Waals surface area contributed by atoms with Crippen LogP contribution < -0.4 is 10.6 Å². The molecule has 3 N–H and O–H groups in total. The summed E-state index contributed by atoms with van der Waals surface area (Å²) >= 11 is 5.84. The number of amides is 2. The topological polar surface area (TPSA) is 61.4 Å². The highest BCUT2D eigenvalue weighted by Crippen LogP contribution is 2.16. The van der Waals surface area contributed by atoms with Crippen molar-refractivity contribution in [3.05, 3.63) is 34.9 Å². The van der Waals surface area contributed by atoms with E-state index in [1.165, 1.54) is 0 Å². The van der Waals surface area contributed by atoms with E-state index in [-0.39, 0.29) is 18.7 Å². The number of nitrogens with one attached hydrogen (secondary N) is 2. The molecule has 2 amide bonds. The minimum atomic E-state index is -0.585. The molecule has 5 heteroatoms. The Kier molecular flexibility index (Phi) is 6.30. The molecule has 0 aliphatic heterocycles. The van der Waals surface area contributed by atoms with Gasteiger partial charge in [0, 0.05) is 5.02 Å². The van der Waals surface area contributed by atoms with Crippen molar-refractivity contribution in [3.63, 3.8) is 0 Å². The number of carbonyl (C=O) groups is 1. The minimum absolute atomic E-state index is 0.0798. The van der Waals surface area contributed by atoms with E-state index in [1.807, 2.05) is 32.9 Å². The maximum Gasteiger partial charge on any atom is 0.315 e. The summed E-state index contributed by atoms with van der Waals surface area (Å²) in [4.78, 5) is 12.0. The van der Waals surface area contributed by atoms with Crippen LogP contribution in [0, 0.1) is 0 Å². The number of rotatable bonds is 6. The third-order valence-electron chi connectivity index (χ3n) is 3.28. The van der Waals surface area contributed by atoms with E-state index in [0.717, 1.165) is 18.4 Å². The number of hydrogen-bond acceptors (Lipinski definition) is 2. The molecule has 0 bridgehead atoms. The van der Waals surface area contributed by atoms with Crippen LogP contribution in [0.15, 0.2) is 24.3 Å². The number of urea groups is 1. The molecule has 20 heavy (non-hydrogen) atoms. The van der Waals surface area contributed by atoms with E-state index in [1.54, 1.807) is 12.1 Å². The Morgan fingerprint density at radius 1 is 1.40 bits per heavy atom. The SMILES string of the molecule is CCCC(C)(CO)NC(=O)NC(C)c1ccc(Cl)cc1. The monoisotopic (exact) mass is 298 g/mol. The molecule has 0 saturated heterocycles. The van der Waals surface area contributed by atoms with Crippen LogP contribution in [-0.2, 0) is 0 Å². The first-order chi connectivity index (χ1) is 9.40. The van der Waals surface area contributed by atoms with E-state index in [9.17, 15) is 9.90 Å². The van der Waals surface area contributed by atoms with Gasteiger partial charge in [0.1, 0.15) is 0 Å². The van der Waals surface area contributed by atoms with E-state index in [2.05, 4.69) is 10.6 Å². The Hall–Kier alpha value is -1.26. The minimum Gasteiger partial charge on any atom is -0.394 e. The average molecular weight is 299 g/mol. The van der Waals surface area contributed by atoms with E-state index < -0.39 is 5.54 Å². The number of hydrogen-bond donors (Lipinski definition) is 3. The number of halogens is 1. The Morgan fingerprint density at radius 2 is 2.00 bits per heavy atom. The van der Waals surface area contributed by atoms with Crippen molar-refractivity contribution in [1.82, 2.24) is 10.6 Å². The summed E-state index contributed by atoms with van der Waals surface area (Å²) < 4.78 is 0. The third kappa shape index (κ3) is 5.02. The molecule has 0 aliphatic rings. The van der Waals surface area contributed by atoms with Crippen LogP contribution in [0.3, 0.4) is 0 Å². The highest BCUT2D eigenvalue weighted by molar-refractivity contribution is 6.30. The third-order valence-corrected chi connectivity index (χ3v) is 3.54. The molecular formula is C15H23ClN2O2. The quantitative estimate of drug-likeness (QED) is 0.755. The largest absolute Gasteiger partial charge is 0.394 e. The van der Waals surface area contributed by atoms with Gasteiger partial charge in [0.15, 0.2) is 0 Å². The molecular weight excluding hydrogens is 276 g/mol. The second-order valence-corrected chi connectivity index (χ2v) is 5.78. The summed E-state index contributed by atoms with van der Waals surface area (Å²) in [6, 6.07) is 6.94. The summed E-state index contributed by atoms with van der Waals surface area (Å²) in [5.74, 6) is 0. The molecule has 4 nitrogen and oxygen atoms in total. The normalized spacial score (nSPS) is 15.2. The molecule has 112 valence electrons. The predicted molar refractivity (Wildman–Crippen MR) is 81.9 cm³/mol. The van der Waals surface area contributed by atoms with Crippen molar-refractivity contribution < 1.29 is 9.90 Å². The fraction of sp³-hybridized carbons (Fsp3) is 0.533. The second kappa shape index (κ2) is 7.50. The van der Waals surface area contributed by atoms with Gasteiger partial charge in [-0.2, -0.15) is 0 Å². The summed E-state index contributed by atoms with van der Waals surface area (Å²) in [6.45, 7) is 5.68. The number of aliphatic hydroxyl groups is 1. The Balaban J connectivity index is 2.59. The zero-order valence-electron chi connectivity index (χ0n) is 12.2. The number of carbonyl (C=O) groups excluding carboxylic acids is 1. The highest BCUT2D eigenvalue weighted by atomic mass is 35.5. The summed E-state index contributed by atoms with van der Waals surface area (Å²) in [5, 5.41) is 15.7. The van der Waals surface area contributed by atoms with Crippen molar-refractivity contribution >= 4 is 17.6 Å². The fourth-order valence-electron chi connectivity index (χ4n) is 2.07. The zero-order chi connectivity index (χ0) is 15.2. The highest BCUT2D eigenvalue weighted by Gasteiger charge is 2.25. The van der Waals surface area contributed by atoms with Gasteiger partial charge in [0.05, 0.1) is 18.2 Å². The van der Waals surface area contributed by atoms with Gasteiger partial charge in [0.25, 0.3) is 0 Å². The van der Waals surface area contributed by atoms with Crippen molar-refractivity contribution in [1.29, 1.82) is 0 Å².